The van der Waals surface area contributed by atoms with Crippen LogP contribution in [0.1, 0.15) is 81.3 Å². The van der Waals surface area contributed by atoms with Gasteiger partial charge in [-0.05, 0) is 73.8 Å². The number of halogens is 3. The lowest BCUT2D eigenvalue weighted by atomic mass is 9.55. The third kappa shape index (κ3) is 3.94. The Labute approximate surface area is 232 Å². The van der Waals surface area contributed by atoms with E-state index in [4.69, 9.17) is 23.2 Å². The molecule has 2 spiro atoms. The molecule has 3 atom stereocenters. The Kier molecular flexibility index (Phi) is 6.83. The van der Waals surface area contributed by atoms with Crippen LogP contribution < -0.4 is 10.6 Å². The van der Waals surface area contributed by atoms with Crippen molar-refractivity contribution >= 4 is 40.6 Å². The van der Waals surface area contributed by atoms with Gasteiger partial charge in [-0.1, -0.05) is 60.7 Å². The number of hydrogen-bond donors (Lipinski definition) is 3. The van der Waals surface area contributed by atoms with Gasteiger partial charge in [0.1, 0.15) is 11.2 Å². The first-order valence-corrected chi connectivity index (χ1v) is 14.6. The summed E-state index contributed by atoms with van der Waals surface area (Å²) in [5, 5.41) is 17.2. The Morgan fingerprint density at radius 2 is 1.79 bits per heavy atom. The molecule has 0 aromatic heterocycles. The van der Waals surface area contributed by atoms with Crippen molar-refractivity contribution < 1.29 is 19.1 Å². The van der Waals surface area contributed by atoms with Crippen molar-refractivity contribution in [2.45, 2.75) is 93.2 Å². The minimum atomic E-state index is -1.19. The number of anilines is 1. The number of aliphatic hydroxyl groups excluding tert-OH is 1. The maximum absolute atomic E-state index is 15.9. The molecule has 2 aromatic carbocycles. The summed E-state index contributed by atoms with van der Waals surface area (Å²) < 4.78 is 15.9. The average molecular weight is 560 g/mol. The number of rotatable bonds is 4. The molecule has 4 aliphatic rings. The molecule has 6 rings (SSSR count). The first kappa shape index (κ1) is 26.2. The molecule has 2 aliphatic heterocycles. The number of carbonyl (C=O) groups is 2. The highest BCUT2D eigenvalue weighted by Gasteiger charge is 2.72. The number of nitrogens with one attached hydrogen (secondary N) is 2. The van der Waals surface area contributed by atoms with E-state index in [1.807, 2.05) is 6.07 Å². The number of aliphatic hydroxyl groups is 1. The van der Waals surface area contributed by atoms with Crippen LogP contribution in [-0.4, -0.2) is 34.5 Å². The second-order valence-corrected chi connectivity index (χ2v) is 12.5. The zero-order chi connectivity index (χ0) is 26.7. The van der Waals surface area contributed by atoms with E-state index >= 15 is 4.39 Å². The fourth-order valence-electron chi connectivity index (χ4n) is 8.03. The maximum Gasteiger partial charge on any atom is 0.237 e. The van der Waals surface area contributed by atoms with Crippen molar-refractivity contribution in [1.82, 2.24) is 5.32 Å². The summed E-state index contributed by atoms with van der Waals surface area (Å²) in [4.78, 5) is 28.5. The van der Waals surface area contributed by atoms with Gasteiger partial charge in [0.05, 0.1) is 17.2 Å². The third-order valence-electron chi connectivity index (χ3n) is 9.68. The largest absolute Gasteiger partial charge is 0.393 e. The van der Waals surface area contributed by atoms with E-state index in [9.17, 15) is 14.7 Å². The zero-order valence-electron chi connectivity index (χ0n) is 21.2. The number of fused-ring (bicyclic) bond motifs is 3. The van der Waals surface area contributed by atoms with Crippen molar-refractivity contribution in [2.24, 2.45) is 5.92 Å². The molecule has 3 fully saturated rings. The summed E-state index contributed by atoms with van der Waals surface area (Å²) in [5.41, 5.74) is -0.223. The number of hydrogen-bond acceptors (Lipinski definition) is 4. The van der Waals surface area contributed by atoms with Crippen LogP contribution in [0, 0.1) is 11.7 Å². The van der Waals surface area contributed by atoms with Gasteiger partial charge in [-0.3, -0.25) is 14.9 Å². The van der Waals surface area contributed by atoms with Crippen LogP contribution in [-0.2, 0) is 15.0 Å². The van der Waals surface area contributed by atoms with Crippen LogP contribution in [0.4, 0.5) is 10.1 Å². The van der Waals surface area contributed by atoms with Crippen LogP contribution in [0.25, 0.3) is 0 Å². The Morgan fingerprint density at radius 3 is 2.53 bits per heavy atom. The van der Waals surface area contributed by atoms with E-state index < -0.39 is 28.7 Å². The first-order valence-electron chi connectivity index (χ1n) is 13.8. The molecule has 1 amide bonds. The number of Topliss-reactive ketones (excluding diaryl/α,β-unsaturated/α-hetero) is 1. The van der Waals surface area contributed by atoms with Gasteiger partial charge < -0.3 is 10.4 Å². The van der Waals surface area contributed by atoms with Gasteiger partial charge in [0, 0.05) is 28.6 Å². The van der Waals surface area contributed by atoms with E-state index in [1.165, 1.54) is 6.07 Å². The summed E-state index contributed by atoms with van der Waals surface area (Å²) in [5.74, 6) is -1.41. The van der Waals surface area contributed by atoms with Gasteiger partial charge in [-0.15, -0.1) is 0 Å². The smallest absolute Gasteiger partial charge is 0.237 e. The molecular formula is C30H33Cl2FN2O3. The molecule has 1 saturated heterocycles. The molecule has 3 N–H and O–H groups in total. The normalized spacial score (nSPS) is 31.9. The molecule has 5 nitrogen and oxygen atoms in total. The van der Waals surface area contributed by atoms with Crippen molar-refractivity contribution in [1.29, 1.82) is 0 Å². The summed E-state index contributed by atoms with van der Waals surface area (Å²) >= 11 is 12.6. The number of ketones is 1. The van der Waals surface area contributed by atoms with Gasteiger partial charge in [-0.25, -0.2) is 4.39 Å². The van der Waals surface area contributed by atoms with Gasteiger partial charge >= 0.3 is 0 Å². The lowest BCUT2D eigenvalue weighted by Crippen LogP contribution is -2.60. The second kappa shape index (κ2) is 9.88. The highest BCUT2D eigenvalue weighted by molar-refractivity contribution is 6.31. The molecule has 0 bridgehead atoms. The molecule has 8 heteroatoms. The van der Waals surface area contributed by atoms with Crippen LogP contribution in [0.3, 0.4) is 0 Å². The van der Waals surface area contributed by atoms with Crippen LogP contribution in [0.2, 0.25) is 10.0 Å². The van der Waals surface area contributed by atoms with Gasteiger partial charge in [0.2, 0.25) is 5.91 Å². The van der Waals surface area contributed by atoms with E-state index in [2.05, 4.69) is 10.6 Å². The summed E-state index contributed by atoms with van der Waals surface area (Å²) in [6.45, 7) is 0. The van der Waals surface area contributed by atoms with Crippen LogP contribution in [0.15, 0.2) is 36.4 Å². The molecule has 0 unspecified atom stereocenters. The van der Waals surface area contributed by atoms with E-state index in [0.717, 1.165) is 37.7 Å². The van der Waals surface area contributed by atoms with Crippen molar-refractivity contribution in [3.8, 4) is 0 Å². The maximum atomic E-state index is 15.9. The molecule has 2 heterocycles. The van der Waals surface area contributed by atoms with Crippen molar-refractivity contribution in [2.75, 3.05) is 5.32 Å². The highest BCUT2D eigenvalue weighted by Crippen LogP contribution is 2.63. The third-order valence-corrected chi connectivity index (χ3v) is 10.2. The predicted octanol–water partition coefficient (Wildman–Crippen LogP) is 6.29. The Hall–Kier alpha value is -1.99. The molecule has 0 radical (unpaired) electrons. The molecule has 38 heavy (non-hydrogen) atoms. The standard InChI is InChI=1S/C30H33Cl2FN2O3/c31-18-9-12-21-23(16-18)34-28(38)30(21)25(20-5-4-6-22(32)26(20)33)27(35-29(30)13-2-1-3-14-29)24(37)15-17-7-10-19(36)11-8-17/h4-6,9,12,16-17,19,25,27,35-36H,1-3,7-8,10-11,13-15H2,(H,34,38)/t17?,19?,25-,27-,30-/m0/s1. The average Bonchev–Trinajstić information content (AvgIpc) is 3.35. The number of carbonyl (C=O) groups excluding carboxylic acids is 2. The molecule has 2 aromatic rings. The highest BCUT2D eigenvalue weighted by atomic mass is 35.5. The second-order valence-electron chi connectivity index (χ2n) is 11.7. The Morgan fingerprint density at radius 1 is 1.05 bits per heavy atom. The quantitative estimate of drug-likeness (QED) is 0.412. The van der Waals surface area contributed by atoms with E-state index in [0.29, 0.717) is 48.4 Å². The van der Waals surface area contributed by atoms with Crippen molar-refractivity contribution in [3.63, 3.8) is 0 Å². The molecule has 2 saturated carbocycles. The lowest BCUT2D eigenvalue weighted by molar-refractivity contribution is -0.124. The Balaban J connectivity index is 1.53. The van der Waals surface area contributed by atoms with Crippen LogP contribution >= 0.6 is 23.2 Å². The summed E-state index contributed by atoms with van der Waals surface area (Å²) in [6, 6.07) is 9.51. The van der Waals surface area contributed by atoms with Gasteiger partial charge in [0.25, 0.3) is 0 Å². The van der Waals surface area contributed by atoms with Crippen molar-refractivity contribution in [3.05, 3.63) is 63.4 Å². The minimum absolute atomic E-state index is 0.00666. The van der Waals surface area contributed by atoms with Gasteiger partial charge in [-0.2, -0.15) is 0 Å². The lowest BCUT2D eigenvalue weighted by Gasteiger charge is -2.47. The number of amides is 1. The molecule has 2 aliphatic carbocycles. The molecular weight excluding hydrogens is 526 g/mol. The topological polar surface area (TPSA) is 78.4 Å². The predicted molar refractivity (Wildman–Crippen MR) is 146 cm³/mol. The zero-order valence-corrected chi connectivity index (χ0v) is 22.8. The minimum Gasteiger partial charge on any atom is -0.393 e. The monoisotopic (exact) mass is 558 g/mol. The van der Waals surface area contributed by atoms with E-state index in [-0.39, 0.29) is 28.7 Å². The fourth-order valence-corrected chi connectivity index (χ4v) is 8.38. The SMILES string of the molecule is O=C(CC1CCC(O)CC1)[C@@H]1NC2(CCCCC2)[C@]2(C(=O)Nc3cc(Cl)ccc32)[C@H]1c1cccc(Cl)c1F. The van der Waals surface area contributed by atoms with Crippen LogP contribution in [0.5, 0.6) is 0 Å². The summed E-state index contributed by atoms with van der Waals surface area (Å²) in [6.07, 6.45) is 7.27. The Bertz CT molecular complexity index is 1270. The van der Waals surface area contributed by atoms with E-state index in [1.54, 1.807) is 24.3 Å². The first-order chi connectivity index (χ1) is 18.3. The molecule has 202 valence electrons. The van der Waals surface area contributed by atoms with Gasteiger partial charge in [0.15, 0.2) is 5.78 Å². The number of benzene rings is 2. The summed E-state index contributed by atoms with van der Waals surface area (Å²) in [7, 11) is 0. The fraction of sp³-hybridized carbons (Fsp3) is 0.533.